The maximum atomic E-state index is 5.71. The van der Waals surface area contributed by atoms with Crippen LogP contribution in [0, 0.1) is 0 Å². The van der Waals surface area contributed by atoms with Gasteiger partial charge in [0.25, 0.3) is 0 Å². The summed E-state index contributed by atoms with van der Waals surface area (Å²) in [5, 5.41) is 0. The van der Waals surface area contributed by atoms with Crippen LogP contribution in [0.4, 0.5) is 0 Å². The van der Waals surface area contributed by atoms with Gasteiger partial charge in [0, 0.05) is 0 Å². The molecule has 0 atom stereocenters. The predicted molar refractivity (Wildman–Crippen MR) is 256 cm³/mol. The molecule has 0 saturated carbocycles. The van der Waals surface area contributed by atoms with Crippen molar-refractivity contribution in [1.82, 2.24) is 0 Å². The van der Waals surface area contributed by atoms with Crippen molar-refractivity contribution >= 4 is 86.5 Å². The Morgan fingerprint density at radius 1 is 0.291 bits per heavy atom. The van der Waals surface area contributed by atoms with Gasteiger partial charge in [-0.2, -0.15) is 0 Å². The van der Waals surface area contributed by atoms with Crippen LogP contribution in [0.3, 0.4) is 0 Å². The molecule has 0 amide bonds. The summed E-state index contributed by atoms with van der Waals surface area (Å²) in [6.45, 7) is 11.8. The van der Waals surface area contributed by atoms with Crippen LogP contribution in [0.1, 0.15) is 233 Å². The first-order valence-corrected chi connectivity index (χ1v) is 29.1. The normalized spacial score (nSPS) is 10.9. The average molecular weight is 1080 g/mol. The van der Waals surface area contributed by atoms with E-state index >= 15 is 0 Å². The number of hydrogen-bond acceptors (Lipinski definition) is 6. The molecule has 0 bridgehead atoms. The number of hydrogen-bond donors (Lipinski definition) is 2. The van der Waals surface area contributed by atoms with Crippen LogP contribution in [-0.4, -0.2) is 26.4 Å². The van der Waals surface area contributed by atoms with Crippen LogP contribution >= 0.6 is 35.9 Å². The van der Waals surface area contributed by atoms with Crippen molar-refractivity contribution in [3.8, 4) is 0 Å². The smallest absolute Gasteiger partial charge is 2.00 e. The van der Waals surface area contributed by atoms with Crippen molar-refractivity contribution in [2.24, 2.45) is 0 Å². The van der Waals surface area contributed by atoms with Crippen LogP contribution in [0.25, 0.3) is 0 Å². The molecule has 0 unspecified atom stereocenters. The molecule has 0 N–H and O–H groups in total. The molecule has 0 rings (SSSR count). The minimum Gasteiger partial charge on any atom is -2.00 e. The first-order valence-electron chi connectivity index (χ1n) is 21.5. The zero-order valence-electron chi connectivity index (χ0n) is 36.6. The van der Waals surface area contributed by atoms with Crippen LogP contribution in [0.5, 0.6) is 0 Å². The van der Waals surface area contributed by atoms with Gasteiger partial charge >= 0.3 is 58.4 Å². The zero-order chi connectivity index (χ0) is 37.3. The third-order valence-corrected chi connectivity index (χ3v) is 13.7. The van der Waals surface area contributed by atoms with E-state index in [1.165, 1.54) is 180 Å². The molecule has 55 heavy (non-hydrogen) atoms. The first-order chi connectivity index (χ1) is 24.2. The van der Waals surface area contributed by atoms with Crippen molar-refractivity contribution in [2.75, 3.05) is 26.4 Å². The van der Waals surface area contributed by atoms with E-state index in [1.54, 1.807) is 0 Å². The van der Waals surface area contributed by atoms with Gasteiger partial charge in [-0.15, -0.1) is 0 Å². The fraction of sp³-hybridized carbons (Fsp3) is 1.00. The summed E-state index contributed by atoms with van der Waals surface area (Å²) < 4.78 is 22.9. The number of thiol groups is 2. The minimum atomic E-state index is -2.31. The Morgan fingerprint density at radius 3 is 0.564 bits per heavy atom. The molecule has 0 radical (unpaired) electrons. The van der Waals surface area contributed by atoms with Crippen molar-refractivity contribution in [1.29, 1.82) is 0 Å². The SMILES string of the molecule is CCCCCCCCCCOP(=S)(S)OCCCCCCCCCC.CCCCCCCCCCOP(=S)(S)OCCCCCCCCCC.[S-2].[S-2].[Zn+2].[Zn+2].[Zn+2]. The quantitative estimate of drug-likeness (QED) is 0.0276. The maximum Gasteiger partial charge on any atom is 2.00 e. The van der Waals surface area contributed by atoms with Crippen LogP contribution in [0.2, 0.25) is 0 Å². The molecule has 0 aliphatic rings. The average Bonchev–Trinajstić information content (AvgIpc) is 3.09. The van der Waals surface area contributed by atoms with Gasteiger partial charge in [-0.25, -0.2) is 0 Å². The monoisotopic (exact) mass is 1080 g/mol. The molecule has 0 aliphatic carbocycles. The second-order valence-corrected chi connectivity index (χ2v) is 24.7. The Labute approximate surface area is 418 Å². The number of unbranched alkanes of at least 4 members (excludes halogenated alkanes) is 28. The largest absolute Gasteiger partial charge is 2.00 e. The van der Waals surface area contributed by atoms with E-state index in [-0.39, 0.29) is 85.4 Å². The van der Waals surface area contributed by atoms with E-state index in [2.05, 4.69) is 52.2 Å². The summed E-state index contributed by atoms with van der Waals surface area (Å²) >= 11 is 19.6. The van der Waals surface area contributed by atoms with Gasteiger partial charge in [-0.05, 0) is 49.3 Å². The van der Waals surface area contributed by atoms with Gasteiger partial charge in [-0.3, -0.25) is 0 Å². The van der Waals surface area contributed by atoms with Gasteiger partial charge in [0.15, 0.2) is 0 Å². The molecule has 0 fully saturated rings. The summed E-state index contributed by atoms with van der Waals surface area (Å²) in [4.78, 5) is 0. The van der Waals surface area contributed by atoms with E-state index in [4.69, 9.17) is 41.7 Å². The van der Waals surface area contributed by atoms with E-state index in [0.717, 1.165) is 25.7 Å². The summed E-state index contributed by atoms with van der Waals surface area (Å²) in [6.07, 6.45) is 41.7. The fourth-order valence-corrected chi connectivity index (χ4v) is 9.20. The molecular weight excluding hydrogens is 995 g/mol. The molecule has 0 heterocycles. The van der Waals surface area contributed by atoms with Gasteiger partial charge in [-0.1, -0.05) is 232 Å². The Morgan fingerprint density at radius 2 is 0.418 bits per heavy atom. The summed E-state index contributed by atoms with van der Waals surface area (Å²) in [5.74, 6) is 0. The third kappa shape index (κ3) is 67.7. The second-order valence-electron chi connectivity index (χ2n) is 14.2. The molecule has 4 nitrogen and oxygen atoms in total. The zero-order valence-corrected chi connectivity index (χ0v) is 52.4. The second kappa shape index (κ2) is 60.5. The van der Waals surface area contributed by atoms with Crippen molar-refractivity contribution in [2.45, 2.75) is 233 Å². The molecule has 0 aromatic rings. The Kier molecular flexibility index (Phi) is 81.2. The number of rotatable bonds is 40. The molecule has 320 valence electrons. The van der Waals surface area contributed by atoms with Gasteiger partial charge < -0.3 is 45.1 Å². The molecule has 0 aromatic heterocycles. The topological polar surface area (TPSA) is 36.9 Å². The molecule has 15 heteroatoms. The standard InChI is InChI=1S/2C20H43O2PS2.2S.3Zn/c2*1-3-5-7-9-11-13-15-17-19-21-23(24,25)22-20-18-16-14-12-10-8-6-4-2;;;;;/h2*3-20H2,1-2H3,(H,24,25);;;;;/q;;2*-2;3*+2. The van der Waals surface area contributed by atoms with Crippen LogP contribution < -0.4 is 0 Å². The third-order valence-electron chi connectivity index (χ3n) is 9.01. The molecule has 0 aromatic carbocycles. The molecule has 0 aliphatic heterocycles. The Balaban J connectivity index is -0.000000154. The van der Waals surface area contributed by atoms with Gasteiger partial charge in [0.2, 0.25) is 11.4 Å². The van der Waals surface area contributed by atoms with E-state index in [1.807, 2.05) is 0 Å². The van der Waals surface area contributed by atoms with Crippen LogP contribution in [0.15, 0.2) is 0 Å². The van der Waals surface area contributed by atoms with Gasteiger partial charge in [0.1, 0.15) is 0 Å². The van der Waals surface area contributed by atoms with Crippen LogP contribution in [-0.2, 0) is 127 Å². The maximum absolute atomic E-state index is 5.71. The fourth-order valence-electron chi connectivity index (χ4n) is 5.74. The van der Waals surface area contributed by atoms with Crippen molar-refractivity contribution < 1.29 is 76.5 Å². The summed E-state index contributed by atoms with van der Waals surface area (Å²) in [7, 11) is 0. The van der Waals surface area contributed by atoms with Crippen molar-refractivity contribution in [3.05, 3.63) is 0 Å². The Hall–Kier alpha value is 4.41. The summed E-state index contributed by atoms with van der Waals surface area (Å²) in [5.41, 5.74) is -4.61. The minimum absolute atomic E-state index is 0. The summed E-state index contributed by atoms with van der Waals surface area (Å²) in [6, 6.07) is 0. The van der Waals surface area contributed by atoms with Crippen molar-refractivity contribution in [3.63, 3.8) is 0 Å². The predicted octanol–water partition coefficient (Wildman–Crippen LogP) is 16.9. The molecular formula is C40H86O4P2S6Zn3+2. The van der Waals surface area contributed by atoms with Gasteiger partial charge in [0.05, 0.1) is 26.4 Å². The van der Waals surface area contributed by atoms with E-state index in [9.17, 15) is 0 Å². The first kappa shape index (κ1) is 73.8. The molecule has 0 spiro atoms. The molecule has 0 saturated heterocycles. The van der Waals surface area contributed by atoms with E-state index < -0.39 is 11.4 Å². The van der Waals surface area contributed by atoms with E-state index in [0.29, 0.717) is 26.4 Å². The Bertz CT molecular complexity index is 660.